The lowest BCUT2D eigenvalue weighted by atomic mass is 10.1. The summed E-state index contributed by atoms with van der Waals surface area (Å²) >= 11 is 1.55. The molecule has 1 aromatic carbocycles. The van der Waals surface area contributed by atoms with E-state index >= 15 is 0 Å². The van der Waals surface area contributed by atoms with Crippen LogP contribution in [0.15, 0.2) is 60.8 Å². The first-order chi connectivity index (χ1) is 10.8. The van der Waals surface area contributed by atoms with Crippen molar-refractivity contribution >= 4 is 23.0 Å². The number of hydrogen-bond acceptors (Lipinski definition) is 3. The second-order valence-electron chi connectivity index (χ2n) is 4.59. The van der Waals surface area contributed by atoms with Crippen LogP contribution >= 0.6 is 11.3 Å². The zero-order valence-electron chi connectivity index (χ0n) is 11.5. The molecule has 22 heavy (non-hydrogen) atoms. The summed E-state index contributed by atoms with van der Waals surface area (Å²) < 4.78 is 13.0. The van der Waals surface area contributed by atoms with E-state index in [4.69, 9.17) is 0 Å². The van der Waals surface area contributed by atoms with Gasteiger partial charge in [0.05, 0.1) is 11.3 Å². The average molecular weight is 306 g/mol. The number of nitriles is 1. The lowest BCUT2D eigenvalue weighted by Gasteiger charge is -1.97. The zero-order valence-corrected chi connectivity index (χ0v) is 12.3. The largest absolute Gasteiger partial charge is 0.256 e. The van der Waals surface area contributed by atoms with Gasteiger partial charge in [0, 0.05) is 16.0 Å². The third-order valence-electron chi connectivity index (χ3n) is 3.10. The van der Waals surface area contributed by atoms with Crippen molar-refractivity contribution in [2.24, 2.45) is 0 Å². The highest BCUT2D eigenvalue weighted by Crippen LogP contribution is 2.30. The summed E-state index contributed by atoms with van der Waals surface area (Å²) in [5.74, 6) is -0.248. The van der Waals surface area contributed by atoms with Gasteiger partial charge in [0.25, 0.3) is 0 Å². The molecule has 0 atom stereocenters. The lowest BCUT2D eigenvalue weighted by molar-refractivity contribution is 0.628. The number of allylic oxidation sites excluding steroid dienone is 1. The quantitative estimate of drug-likeness (QED) is 0.637. The summed E-state index contributed by atoms with van der Waals surface area (Å²) in [4.78, 5) is 6.18. The van der Waals surface area contributed by atoms with Gasteiger partial charge < -0.3 is 0 Å². The Balaban J connectivity index is 1.92. The highest BCUT2D eigenvalue weighted by atomic mass is 32.1. The maximum Gasteiger partial charge on any atom is 0.123 e. The Hall–Kier alpha value is -2.77. The summed E-state index contributed by atoms with van der Waals surface area (Å²) in [7, 11) is 0. The monoisotopic (exact) mass is 306 g/mol. The molecular formula is C18H11FN2S. The molecule has 0 radical (unpaired) electrons. The molecule has 0 aliphatic heterocycles. The van der Waals surface area contributed by atoms with Crippen molar-refractivity contribution in [3.8, 4) is 16.5 Å². The van der Waals surface area contributed by atoms with Gasteiger partial charge in [-0.3, -0.25) is 4.98 Å². The van der Waals surface area contributed by atoms with E-state index < -0.39 is 0 Å². The highest BCUT2D eigenvalue weighted by molar-refractivity contribution is 7.16. The van der Waals surface area contributed by atoms with Crippen LogP contribution in [0.4, 0.5) is 4.39 Å². The fraction of sp³-hybridized carbons (Fsp3) is 0. The zero-order chi connectivity index (χ0) is 15.4. The van der Waals surface area contributed by atoms with E-state index in [9.17, 15) is 9.65 Å². The SMILES string of the molecule is N#C/C(=C\c1ccc(-c2ccc(F)cc2)s1)c1ccccn1. The van der Waals surface area contributed by atoms with Crippen LogP contribution in [0.1, 0.15) is 10.6 Å². The van der Waals surface area contributed by atoms with E-state index in [0.717, 1.165) is 15.3 Å². The van der Waals surface area contributed by atoms with Crippen LogP contribution in [0, 0.1) is 17.1 Å². The van der Waals surface area contributed by atoms with Gasteiger partial charge in [0.15, 0.2) is 0 Å². The van der Waals surface area contributed by atoms with Gasteiger partial charge in [-0.15, -0.1) is 11.3 Å². The Bertz CT molecular complexity index is 843. The van der Waals surface area contributed by atoms with Crippen molar-refractivity contribution in [2.45, 2.75) is 0 Å². The van der Waals surface area contributed by atoms with Gasteiger partial charge in [-0.2, -0.15) is 5.26 Å². The molecule has 0 spiro atoms. The minimum absolute atomic E-state index is 0.248. The second kappa shape index (κ2) is 6.33. The van der Waals surface area contributed by atoms with E-state index in [2.05, 4.69) is 11.1 Å². The van der Waals surface area contributed by atoms with Crippen LogP contribution in [-0.4, -0.2) is 4.98 Å². The molecule has 0 aliphatic carbocycles. The van der Waals surface area contributed by atoms with Gasteiger partial charge in [-0.1, -0.05) is 18.2 Å². The molecule has 0 saturated heterocycles. The minimum atomic E-state index is -0.248. The van der Waals surface area contributed by atoms with Gasteiger partial charge >= 0.3 is 0 Å². The summed E-state index contributed by atoms with van der Waals surface area (Å²) in [6.45, 7) is 0. The third kappa shape index (κ3) is 3.11. The average Bonchev–Trinajstić information content (AvgIpc) is 3.03. The molecule has 0 unspecified atom stereocenters. The first-order valence-corrected chi connectivity index (χ1v) is 7.47. The number of aromatic nitrogens is 1. The van der Waals surface area contributed by atoms with E-state index in [1.165, 1.54) is 12.1 Å². The number of halogens is 1. The number of nitrogens with zero attached hydrogens (tertiary/aromatic N) is 2. The highest BCUT2D eigenvalue weighted by Gasteiger charge is 2.05. The van der Waals surface area contributed by atoms with Gasteiger partial charge in [0.1, 0.15) is 11.9 Å². The van der Waals surface area contributed by atoms with Crippen molar-refractivity contribution in [1.29, 1.82) is 5.26 Å². The first-order valence-electron chi connectivity index (χ1n) is 6.65. The predicted molar refractivity (Wildman–Crippen MR) is 87.4 cm³/mol. The molecule has 4 heteroatoms. The fourth-order valence-corrected chi connectivity index (χ4v) is 2.98. The molecule has 0 aliphatic rings. The molecule has 0 N–H and O–H groups in total. The van der Waals surface area contributed by atoms with Crippen LogP contribution in [0.2, 0.25) is 0 Å². The summed E-state index contributed by atoms with van der Waals surface area (Å²) in [5.41, 5.74) is 2.14. The maximum atomic E-state index is 13.0. The Kier molecular flexibility index (Phi) is 4.08. The number of hydrogen-bond donors (Lipinski definition) is 0. The van der Waals surface area contributed by atoms with Gasteiger partial charge in [0.2, 0.25) is 0 Å². The van der Waals surface area contributed by atoms with Crippen molar-refractivity contribution in [2.75, 3.05) is 0 Å². The molecule has 0 saturated carbocycles. The van der Waals surface area contributed by atoms with E-state index in [0.29, 0.717) is 11.3 Å². The summed E-state index contributed by atoms with van der Waals surface area (Å²) in [5, 5.41) is 9.30. The molecule has 0 fully saturated rings. The van der Waals surface area contributed by atoms with Crippen LogP contribution in [0.3, 0.4) is 0 Å². The topological polar surface area (TPSA) is 36.7 Å². The molecular weight excluding hydrogens is 295 g/mol. The van der Waals surface area contributed by atoms with Gasteiger partial charge in [-0.05, 0) is 48.0 Å². The summed E-state index contributed by atoms with van der Waals surface area (Å²) in [6.07, 6.45) is 3.49. The first kappa shape index (κ1) is 14.2. The predicted octanol–water partition coefficient (Wildman–Crippen LogP) is 5.01. The number of rotatable bonds is 3. The lowest BCUT2D eigenvalue weighted by Crippen LogP contribution is -1.84. The molecule has 106 valence electrons. The number of thiophene rings is 1. The van der Waals surface area contributed by atoms with Crippen molar-refractivity contribution in [3.05, 3.63) is 77.2 Å². The molecule has 0 amide bonds. The second-order valence-corrected chi connectivity index (χ2v) is 5.71. The van der Waals surface area contributed by atoms with E-state index in [1.54, 1.807) is 29.7 Å². The third-order valence-corrected chi connectivity index (χ3v) is 4.18. The molecule has 2 heterocycles. The maximum absolute atomic E-state index is 13.0. The van der Waals surface area contributed by atoms with Crippen molar-refractivity contribution < 1.29 is 4.39 Å². The van der Waals surface area contributed by atoms with Crippen LogP contribution in [-0.2, 0) is 0 Å². The Labute approximate surface area is 131 Å². The molecule has 2 nitrogen and oxygen atoms in total. The molecule has 3 aromatic rings. The van der Waals surface area contributed by atoms with E-state index in [-0.39, 0.29) is 5.82 Å². The molecule has 2 aromatic heterocycles. The van der Waals surface area contributed by atoms with Crippen LogP contribution in [0.5, 0.6) is 0 Å². The Morgan fingerprint density at radius 3 is 2.59 bits per heavy atom. The Morgan fingerprint density at radius 1 is 1.09 bits per heavy atom. The van der Waals surface area contributed by atoms with E-state index in [1.807, 2.05) is 36.4 Å². The number of benzene rings is 1. The van der Waals surface area contributed by atoms with Crippen LogP contribution < -0.4 is 0 Å². The summed E-state index contributed by atoms with van der Waals surface area (Å²) in [6, 6.07) is 18.0. The number of pyridine rings is 1. The van der Waals surface area contributed by atoms with Crippen molar-refractivity contribution in [1.82, 2.24) is 4.98 Å². The Morgan fingerprint density at radius 2 is 1.91 bits per heavy atom. The van der Waals surface area contributed by atoms with Crippen LogP contribution in [0.25, 0.3) is 22.1 Å². The smallest absolute Gasteiger partial charge is 0.123 e. The normalized spacial score (nSPS) is 11.2. The fourth-order valence-electron chi connectivity index (χ4n) is 2.03. The standard InChI is InChI=1S/C18H11FN2S/c19-15-6-4-13(5-7-15)18-9-8-16(22-18)11-14(12-20)17-3-1-2-10-21-17/h1-11H/b14-11+. The minimum Gasteiger partial charge on any atom is -0.256 e. The molecule has 3 rings (SSSR count). The van der Waals surface area contributed by atoms with Crippen molar-refractivity contribution in [3.63, 3.8) is 0 Å². The van der Waals surface area contributed by atoms with Gasteiger partial charge in [-0.25, -0.2) is 4.39 Å². The molecule has 0 bridgehead atoms.